The molecule has 0 saturated carbocycles. The molecule has 29 heavy (non-hydrogen) atoms. The van der Waals surface area contributed by atoms with Gasteiger partial charge in [0.2, 0.25) is 11.7 Å². The first-order valence-electron chi connectivity index (χ1n) is 9.64. The molecule has 0 radical (unpaired) electrons. The van der Waals surface area contributed by atoms with E-state index in [-0.39, 0.29) is 11.9 Å². The van der Waals surface area contributed by atoms with Crippen LogP contribution in [-0.2, 0) is 0 Å². The molecule has 7 nitrogen and oxygen atoms in total. The summed E-state index contributed by atoms with van der Waals surface area (Å²) < 4.78 is 24.6. The number of hydrogen-bond donors (Lipinski definition) is 0. The molecule has 3 heterocycles. The molecule has 2 aromatic heterocycles. The second-order valence-corrected chi connectivity index (χ2v) is 7.17. The monoisotopic (exact) mass is 397 g/mol. The van der Waals surface area contributed by atoms with Gasteiger partial charge in [-0.15, -0.1) is 0 Å². The lowest BCUT2D eigenvalue weighted by atomic mass is 10.1. The van der Waals surface area contributed by atoms with Crippen molar-refractivity contribution in [1.29, 1.82) is 0 Å². The van der Waals surface area contributed by atoms with E-state index >= 15 is 0 Å². The first kappa shape index (κ1) is 19.3. The highest BCUT2D eigenvalue weighted by Crippen LogP contribution is 2.26. The van der Waals surface area contributed by atoms with Gasteiger partial charge in [-0.2, -0.15) is 4.98 Å². The van der Waals surface area contributed by atoms with E-state index < -0.39 is 0 Å². The van der Waals surface area contributed by atoms with Gasteiger partial charge in [0.25, 0.3) is 0 Å². The third-order valence-corrected chi connectivity index (χ3v) is 5.37. The smallest absolute Gasteiger partial charge is 0.244 e. The number of ether oxygens (including phenoxy) is 1. The van der Waals surface area contributed by atoms with Crippen LogP contribution in [0.15, 0.2) is 41.1 Å². The Kier molecular flexibility index (Phi) is 5.44. The summed E-state index contributed by atoms with van der Waals surface area (Å²) in [6.07, 6.45) is 1.76. The highest BCUT2D eigenvalue weighted by Gasteiger charge is 2.26. The second-order valence-electron chi connectivity index (χ2n) is 7.17. The number of methoxy groups -OCH3 is 1. The van der Waals surface area contributed by atoms with Gasteiger partial charge in [0, 0.05) is 44.0 Å². The van der Waals surface area contributed by atoms with Crippen molar-refractivity contribution in [2.45, 2.75) is 19.9 Å². The predicted octanol–water partition coefficient (Wildman–Crippen LogP) is 3.47. The Bertz CT molecular complexity index is 985. The minimum absolute atomic E-state index is 0.0213. The summed E-state index contributed by atoms with van der Waals surface area (Å²) in [5.41, 5.74) is 1.21. The van der Waals surface area contributed by atoms with E-state index in [4.69, 9.17) is 9.26 Å². The second kappa shape index (κ2) is 8.16. The number of nitrogens with zero attached hydrogens (tertiary/aromatic N) is 5. The third-order valence-electron chi connectivity index (χ3n) is 5.37. The zero-order chi connectivity index (χ0) is 20.4. The topological polar surface area (TPSA) is 67.5 Å². The Labute approximate surface area is 169 Å². The molecular weight excluding hydrogens is 373 g/mol. The number of rotatable bonds is 5. The van der Waals surface area contributed by atoms with Crippen molar-refractivity contribution in [3.63, 3.8) is 0 Å². The zero-order valence-corrected chi connectivity index (χ0v) is 16.8. The normalized spacial score (nSPS) is 16.1. The quantitative estimate of drug-likeness (QED) is 0.653. The molecule has 1 fully saturated rings. The maximum atomic E-state index is 13.8. The number of anilines is 1. The Morgan fingerprint density at radius 2 is 1.93 bits per heavy atom. The molecule has 0 amide bonds. The van der Waals surface area contributed by atoms with Gasteiger partial charge in [-0.1, -0.05) is 17.3 Å². The summed E-state index contributed by atoms with van der Waals surface area (Å²) in [6, 6.07) is 8.73. The maximum Gasteiger partial charge on any atom is 0.244 e. The number of benzene rings is 1. The molecule has 0 spiro atoms. The van der Waals surface area contributed by atoms with Crippen LogP contribution in [-0.4, -0.2) is 53.3 Å². The molecule has 0 bridgehead atoms. The van der Waals surface area contributed by atoms with E-state index in [0.29, 0.717) is 22.8 Å². The summed E-state index contributed by atoms with van der Waals surface area (Å²) in [6.45, 7) is 7.15. The standard InChI is InChI=1S/C21H24FN5O2/c1-14-4-5-16(12-18(14)22)20-24-21(29-25-20)15(2)26-8-10-27(11-9-26)19-13-17(28-3)6-7-23-19/h4-7,12-13,15H,8-11H2,1-3H3/t15-/m0/s1. The number of pyridine rings is 1. The summed E-state index contributed by atoms with van der Waals surface area (Å²) in [4.78, 5) is 13.5. The fraction of sp³-hybridized carbons (Fsp3) is 0.381. The molecule has 1 aliphatic rings. The van der Waals surface area contributed by atoms with E-state index in [0.717, 1.165) is 37.7 Å². The molecule has 1 atom stereocenters. The van der Waals surface area contributed by atoms with Crippen LogP contribution in [0, 0.1) is 12.7 Å². The largest absolute Gasteiger partial charge is 0.497 e. The van der Waals surface area contributed by atoms with Crippen LogP contribution in [0.3, 0.4) is 0 Å². The third kappa shape index (κ3) is 4.07. The van der Waals surface area contributed by atoms with Gasteiger partial charge in [0.15, 0.2) is 0 Å². The Morgan fingerprint density at radius 3 is 2.66 bits per heavy atom. The fourth-order valence-electron chi connectivity index (χ4n) is 3.45. The zero-order valence-electron chi connectivity index (χ0n) is 16.8. The van der Waals surface area contributed by atoms with Gasteiger partial charge < -0.3 is 14.2 Å². The average molecular weight is 397 g/mol. The minimum atomic E-state index is -0.274. The minimum Gasteiger partial charge on any atom is -0.497 e. The number of halogens is 1. The molecule has 1 saturated heterocycles. The van der Waals surface area contributed by atoms with Crippen molar-refractivity contribution in [3.8, 4) is 17.1 Å². The van der Waals surface area contributed by atoms with Gasteiger partial charge in [0.1, 0.15) is 17.4 Å². The molecule has 1 aliphatic heterocycles. The number of aryl methyl sites for hydroxylation is 1. The van der Waals surface area contributed by atoms with Gasteiger partial charge in [0.05, 0.1) is 13.2 Å². The number of piperazine rings is 1. The summed E-state index contributed by atoms with van der Waals surface area (Å²) in [7, 11) is 1.66. The van der Waals surface area contributed by atoms with E-state index in [9.17, 15) is 4.39 Å². The van der Waals surface area contributed by atoms with Crippen LogP contribution in [0.4, 0.5) is 10.2 Å². The molecule has 4 rings (SSSR count). The van der Waals surface area contributed by atoms with Crippen molar-refractivity contribution < 1.29 is 13.7 Å². The van der Waals surface area contributed by atoms with Crippen LogP contribution in [0.1, 0.15) is 24.4 Å². The summed E-state index contributed by atoms with van der Waals surface area (Å²) in [5.74, 6) is 2.39. The van der Waals surface area contributed by atoms with Crippen LogP contribution in [0.2, 0.25) is 0 Å². The fourth-order valence-corrected chi connectivity index (χ4v) is 3.45. The first-order valence-corrected chi connectivity index (χ1v) is 9.64. The highest BCUT2D eigenvalue weighted by atomic mass is 19.1. The summed E-state index contributed by atoms with van der Waals surface area (Å²) in [5, 5.41) is 4.04. The van der Waals surface area contributed by atoms with Crippen molar-refractivity contribution >= 4 is 5.82 Å². The van der Waals surface area contributed by atoms with E-state index in [2.05, 4.69) is 24.9 Å². The van der Waals surface area contributed by atoms with Crippen LogP contribution in [0.5, 0.6) is 5.75 Å². The molecule has 0 unspecified atom stereocenters. The van der Waals surface area contributed by atoms with Gasteiger partial charge in [-0.05, 0) is 31.5 Å². The molecule has 0 N–H and O–H groups in total. The van der Waals surface area contributed by atoms with Crippen LogP contribution < -0.4 is 9.64 Å². The van der Waals surface area contributed by atoms with E-state index in [1.807, 2.05) is 19.1 Å². The average Bonchev–Trinajstić information content (AvgIpc) is 3.25. The van der Waals surface area contributed by atoms with Gasteiger partial charge in [-0.3, -0.25) is 4.90 Å². The van der Waals surface area contributed by atoms with Crippen LogP contribution in [0.25, 0.3) is 11.4 Å². The van der Waals surface area contributed by atoms with Gasteiger partial charge in [-0.25, -0.2) is 9.37 Å². The van der Waals surface area contributed by atoms with Crippen LogP contribution >= 0.6 is 0 Å². The van der Waals surface area contributed by atoms with Gasteiger partial charge >= 0.3 is 0 Å². The lowest BCUT2D eigenvalue weighted by Crippen LogP contribution is -2.47. The summed E-state index contributed by atoms with van der Waals surface area (Å²) >= 11 is 0. The van der Waals surface area contributed by atoms with Crippen molar-refractivity contribution in [2.24, 2.45) is 0 Å². The van der Waals surface area contributed by atoms with Crippen molar-refractivity contribution in [1.82, 2.24) is 20.0 Å². The Hall–Kier alpha value is -3.00. The van der Waals surface area contributed by atoms with Crippen molar-refractivity contribution in [3.05, 3.63) is 53.8 Å². The molecular formula is C21H24FN5O2. The van der Waals surface area contributed by atoms with E-state index in [1.54, 1.807) is 32.4 Å². The molecule has 1 aromatic carbocycles. The molecule has 3 aromatic rings. The molecule has 8 heteroatoms. The Balaban J connectivity index is 1.41. The Morgan fingerprint density at radius 1 is 1.14 bits per heavy atom. The van der Waals surface area contributed by atoms with Crippen molar-refractivity contribution in [2.75, 3.05) is 38.2 Å². The molecule has 0 aliphatic carbocycles. The lowest BCUT2D eigenvalue weighted by Gasteiger charge is -2.37. The number of aromatic nitrogens is 3. The van der Waals surface area contributed by atoms with E-state index in [1.165, 1.54) is 6.07 Å². The number of hydrogen-bond acceptors (Lipinski definition) is 7. The maximum absolute atomic E-state index is 13.8. The first-order chi connectivity index (χ1) is 14.0. The molecule has 152 valence electrons. The highest BCUT2D eigenvalue weighted by molar-refractivity contribution is 5.55. The lowest BCUT2D eigenvalue weighted by molar-refractivity contribution is 0.164. The SMILES string of the molecule is COc1ccnc(N2CCN([C@@H](C)c3nc(-c4ccc(C)c(F)c4)no3)CC2)c1. The predicted molar refractivity (Wildman–Crippen MR) is 107 cm³/mol.